The lowest BCUT2D eigenvalue weighted by Crippen LogP contribution is -2.45. The van der Waals surface area contributed by atoms with E-state index in [1.165, 1.54) is 50.1 Å². The second kappa shape index (κ2) is 11.8. The lowest BCUT2D eigenvalue weighted by atomic mass is 9.91. The lowest BCUT2D eigenvalue weighted by molar-refractivity contribution is -0.114. The Hall–Kier alpha value is -4.72. The molecule has 5 aromatic rings. The molecule has 1 aliphatic carbocycles. The minimum absolute atomic E-state index is 0.174. The van der Waals surface area contributed by atoms with Gasteiger partial charge >= 0.3 is 6.09 Å². The summed E-state index contributed by atoms with van der Waals surface area (Å²) in [6.45, 7) is 1.91. The summed E-state index contributed by atoms with van der Waals surface area (Å²) in [6, 6.07) is 9.49. The van der Waals surface area contributed by atoms with Crippen molar-refractivity contribution in [3.8, 4) is 28.1 Å². The Labute approximate surface area is 253 Å². The number of rotatable bonds is 7. The van der Waals surface area contributed by atoms with Gasteiger partial charge in [0.15, 0.2) is 11.6 Å². The number of pyridine rings is 1. The first kappa shape index (κ1) is 29.4. The van der Waals surface area contributed by atoms with E-state index in [9.17, 15) is 13.6 Å². The fourth-order valence-corrected chi connectivity index (χ4v) is 5.98. The van der Waals surface area contributed by atoms with Crippen LogP contribution in [0.2, 0.25) is 0 Å². The van der Waals surface area contributed by atoms with E-state index >= 15 is 4.39 Å². The van der Waals surface area contributed by atoms with Crippen LogP contribution in [0.5, 0.6) is 17.5 Å². The van der Waals surface area contributed by atoms with Crippen molar-refractivity contribution in [2.24, 2.45) is 0 Å². The lowest BCUT2D eigenvalue weighted by Gasteiger charge is -2.35. The van der Waals surface area contributed by atoms with E-state index in [1.807, 2.05) is 19.1 Å². The van der Waals surface area contributed by atoms with Crippen molar-refractivity contribution < 1.29 is 36.9 Å². The number of hydrogen-bond donors (Lipinski definition) is 1. The highest BCUT2D eigenvalue weighted by atomic mass is 32.1. The summed E-state index contributed by atoms with van der Waals surface area (Å²) >= 11 is 1.27. The number of thiazole rings is 1. The number of benzene rings is 2. The van der Waals surface area contributed by atoms with Crippen LogP contribution >= 0.6 is 11.3 Å². The molecule has 1 N–H and O–H groups in total. The van der Waals surface area contributed by atoms with Crippen LogP contribution < -0.4 is 19.5 Å². The van der Waals surface area contributed by atoms with Gasteiger partial charge in [0.2, 0.25) is 11.8 Å². The molecule has 2 atom stereocenters. The summed E-state index contributed by atoms with van der Waals surface area (Å²) in [7, 11) is 2.96. The maximum absolute atomic E-state index is 15.3. The van der Waals surface area contributed by atoms with Crippen LogP contribution in [0.4, 0.5) is 23.7 Å². The summed E-state index contributed by atoms with van der Waals surface area (Å²) in [4.78, 5) is 30.1. The molecule has 3 aromatic heterocycles. The molecular weight excluding hydrogens is 599 g/mol. The molecular formula is C30H26F3N5O5S. The smallest absolute Gasteiger partial charge is 0.412 e. The predicted molar refractivity (Wildman–Crippen MR) is 157 cm³/mol. The van der Waals surface area contributed by atoms with Crippen molar-refractivity contribution in [2.75, 3.05) is 19.5 Å². The minimum Gasteiger partial charge on any atom is -0.483 e. The topological polar surface area (TPSA) is 118 Å². The third-order valence-corrected chi connectivity index (χ3v) is 8.14. The van der Waals surface area contributed by atoms with Crippen LogP contribution in [-0.2, 0) is 4.74 Å². The monoisotopic (exact) mass is 625 g/mol. The number of carbonyl (C=O) groups excluding carboxylic acids is 1. The first-order chi connectivity index (χ1) is 21.1. The van der Waals surface area contributed by atoms with Gasteiger partial charge in [-0.05, 0) is 37.1 Å². The molecule has 1 saturated carbocycles. The Balaban J connectivity index is 1.25. The highest BCUT2D eigenvalue weighted by molar-refractivity contribution is 7.21. The molecule has 0 bridgehead atoms. The van der Waals surface area contributed by atoms with Crippen LogP contribution in [0.1, 0.15) is 24.8 Å². The SMILES string of the molecule is COc1ccc(NC(=O)O[C@H]2CCC(F)(F)CC2Oc2cc3sc(-c4cc(C)cc5nc(OC)cnc45)nc3cc2F)cn1. The van der Waals surface area contributed by atoms with Gasteiger partial charge in [0.25, 0.3) is 5.92 Å². The van der Waals surface area contributed by atoms with E-state index in [2.05, 4.69) is 25.3 Å². The van der Waals surface area contributed by atoms with Gasteiger partial charge < -0.3 is 18.9 Å². The van der Waals surface area contributed by atoms with E-state index < -0.39 is 42.9 Å². The van der Waals surface area contributed by atoms with Crippen LogP contribution in [0.25, 0.3) is 31.8 Å². The van der Waals surface area contributed by atoms with Crippen molar-refractivity contribution in [3.63, 3.8) is 0 Å². The molecule has 14 heteroatoms. The number of amides is 1. The van der Waals surface area contributed by atoms with Gasteiger partial charge in [-0.15, -0.1) is 11.3 Å². The van der Waals surface area contributed by atoms with Crippen molar-refractivity contribution >= 4 is 44.4 Å². The standard InChI is InChI=1S/C30H26F3N5O5S/c1-15-8-17(27-20(9-15)37-26(41-3)14-35-27)28-38-19-10-18(31)22(11-24(19)44-28)42-23-12-30(32,33)7-6-21(23)43-29(39)36-16-4-5-25(40-2)34-13-16/h4-5,8-11,13-14,21,23H,6-7,12H2,1-3H3,(H,36,39)/t21-,23?/m0/s1. The summed E-state index contributed by atoms with van der Waals surface area (Å²) in [6.07, 6.45) is -1.80. The van der Waals surface area contributed by atoms with E-state index in [0.29, 0.717) is 49.3 Å². The molecule has 0 spiro atoms. The molecule has 1 amide bonds. The van der Waals surface area contributed by atoms with E-state index in [4.69, 9.17) is 18.9 Å². The molecule has 2 aromatic carbocycles. The number of aryl methyl sites for hydroxylation is 1. The summed E-state index contributed by atoms with van der Waals surface area (Å²) in [5.74, 6) is -3.39. The molecule has 0 aliphatic heterocycles. The fraction of sp³-hybridized carbons (Fsp3) is 0.300. The molecule has 6 rings (SSSR count). The third-order valence-electron chi connectivity index (χ3n) is 7.09. The van der Waals surface area contributed by atoms with Gasteiger partial charge in [-0.1, -0.05) is 0 Å². The van der Waals surface area contributed by atoms with Crippen molar-refractivity contribution in [1.29, 1.82) is 0 Å². The van der Waals surface area contributed by atoms with Crippen molar-refractivity contribution in [1.82, 2.24) is 19.9 Å². The predicted octanol–water partition coefficient (Wildman–Crippen LogP) is 6.95. The number of alkyl halides is 2. The summed E-state index contributed by atoms with van der Waals surface area (Å²) in [5.41, 5.74) is 3.52. The molecule has 1 unspecified atom stereocenters. The average molecular weight is 626 g/mol. The normalized spacial score (nSPS) is 17.8. The zero-order chi connectivity index (χ0) is 31.0. The van der Waals surface area contributed by atoms with Gasteiger partial charge in [0.05, 0.1) is 60.0 Å². The molecule has 10 nitrogen and oxygen atoms in total. The molecule has 0 saturated heterocycles. The van der Waals surface area contributed by atoms with Crippen LogP contribution in [0.15, 0.2) is 48.8 Å². The first-order valence-electron chi connectivity index (χ1n) is 13.5. The van der Waals surface area contributed by atoms with Crippen LogP contribution in [0, 0.1) is 12.7 Å². The number of halogens is 3. The largest absolute Gasteiger partial charge is 0.483 e. The maximum atomic E-state index is 15.3. The Morgan fingerprint density at radius 2 is 1.82 bits per heavy atom. The summed E-state index contributed by atoms with van der Waals surface area (Å²) in [5, 5.41) is 3.07. The van der Waals surface area contributed by atoms with Crippen LogP contribution in [0.3, 0.4) is 0 Å². The Kier molecular flexibility index (Phi) is 7.84. The van der Waals surface area contributed by atoms with Crippen LogP contribution in [-0.4, -0.2) is 58.4 Å². The Morgan fingerprint density at radius 3 is 2.57 bits per heavy atom. The number of aromatic nitrogens is 4. The number of fused-ring (bicyclic) bond motifs is 2. The Morgan fingerprint density at radius 1 is 1.00 bits per heavy atom. The average Bonchev–Trinajstić information content (AvgIpc) is 3.40. The molecule has 1 fully saturated rings. The number of anilines is 1. The summed E-state index contributed by atoms with van der Waals surface area (Å²) < 4.78 is 66.2. The van der Waals surface area contributed by atoms with Crippen molar-refractivity contribution in [2.45, 2.75) is 44.3 Å². The zero-order valence-corrected chi connectivity index (χ0v) is 24.6. The highest BCUT2D eigenvalue weighted by Gasteiger charge is 2.45. The number of nitrogens with one attached hydrogen (secondary N) is 1. The molecule has 3 heterocycles. The van der Waals surface area contributed by atoms with Gasteiger partial charge in [-0.3, -0.25) is 5.32 Å². The molecule has 44 heavy (non-hydrogen) atoms. The molecule has 1 aliphatic rings. The number of hydrogen-bond acceptors (Lipinski definition) is 10. The maximum Gasteiger partial charge on any atom is 0.412 e. The third kappa shape index (κ3) is 6.16. The number of carbonyl (C=O) groups is 1. The second-order valence-corrected chi connectivity index (χ2v) is 11.3. The Bertz CT molecular complexity index is 1850. The number of methoxy groups -OCH3 is 2. The zero-order valence-electron chi connectivity index (χ0n) is 23.8. The molecule has 228 valence electrons. The van der Waals surface area contributed by atoms with E-state index in [-0.39, 0.29) is 12.2 Å². The number of nitrogens with zero attached hydrogens (tertiary/aromatic N) is 4. The van der Waals surface area contributed by atoms with Gasteiger partial charge in [-0.25, -0.2) is 37.9 Å². The van der Waals surface area contributed by atoms with Gasteiger partial charge in [0, 0.05) is 30.2 Å². The van der Waals surface area contributed by atoms with E-state index in [0.717, 1.165) is 5.56 Å². The first-order valence-corrected chi connectivity index (χ1v) is 14.4. The van der Waals surface area contributed by atoms with Gasteiger partial charge in [0.1, 0.15) is 17.2 Å². The number of ether oxygens (including phenoxy) is 4. The van der Waals surface area contributed by atoms with E-state index in [1.54, 1.807) is 12.1 Å². The minimum atomic E-state index is -3.07. The fourth-order valence-electron chi connectivity index (χ4n) is 4.99. The highest BCUT2D eigenvalue weighted by Crippen LogP contribution is 2.40. The molecule has 0 radical (unpaired) electrons. The van der Waals surface area contributed by atoms with Gasteiger partial charge in [-0.2, -0.15) is 0 Å². The second-order valence-electron chi connectivity index (χ2n) is 10.3. The quantitative estimate of drug-likeness (QED) is 0.205. The van der Waals surface area contributed by atoms with Crippen molar-refractivity contribution in [3.05, 3.63) is 60.2 Å².